The number of rotatable bonds is 12. The summed E-state index contributed by atoms with van der Waals surface area (Å²) >= 11 is 0. The summed E-state index contributed by atoms with van der Waals surface area (Å²) in [5, 5.41) is 4.19. The van der Waals surface area contributed by atoms with Crippen LogP contribution in [0.15, 0.2) is 60.9 Å². The van der Waals surface area contributed by atoms with E-state index < -0.39 is 0 Å². The summed E-state index contributed by atoms with van der Waals surface area (Å²) in [6.45, 7) is 9.00. The van der Waals surface area contributed by atoms with Gasteiger partial charge in [-0.3, -0.25) is 4.79 Å². The number of aryl methyl sites for hydroxylation is 1. The number of carbonyl (C=O) groups is 1. The van der Waals surface area contributed by atoms with Gasteiger partial charge in [0.25, 0.3) is 0 Å². The van der Waals surface area contributed by atoms with Crippen LogP contribution >= 0.6 is 0 Å². The third-order valence-electron chi connectivity index (χ3n) is 8.79. The Labute approximate surface area is 255 Å². The lowest BCUT2D eigenvalue weighted by molar-refractivity contribution is -0.121. The van der Waals surface area contributed by atoms with Gasteiger partial charge in [0.15, 0.2) is 0 Å². The van der Waals surface area contributed by atoms with Crippen LogP contribution in [0.25, 0.3) is 22.0 Å². The Morgan fingerprint density at radius 3 is 2.72 bits per heavy atom. The van der Waals surface area contributed by atoms with Gasteiger partial charge in [0.2, 0.25) is 5.91 Å². The number of hydrogen-bond acceptors (Lipinski definition) is 6. The van der Waals surface area contributed by atoms with Crippen molar-refractivity contribution in [3.8, 4) is 16.9 Å². The van der Waals surface area contributed by atoms with Crippen LogP contribution in [0.3, 0.4) is 0 Å². The lowest BCUT2D eigenvalue weighted by Crippen LogP contribution is -2.32. The van der Waals surface area contributed by atoms with Crippen molar-refractivity contribution in [2.75, 3.05) is 32.1 Å². The Hall–Kier alpha value is -3.91. The molecule has 2 aromatic heterocycles. The first-order valence-corrected chi connectivity index (χ1v) is 15.5. The van der Waals surface area contributed by atoms with Crippen molar-refractivity contribution in [1.82, 2.24) is 19.9 Å². The molecule has 1 atom stereocenters. The molecule has 3 N–H and O–H groups in total. The number of ether oxygens (including phenoxy) is 2. The lowest BCUT2D eigenvalue weighted by atomic mass is 9.78. The Morgan fingerprint density at radius 1 is 1.19 bits per heavy atom. The molecule has 1 aliphatic heterocycles. The number of benzene rings is 2. The number of nitrogens with zero attached hydrogens (tertiary/aromatic N) is 3. The molecule has 43 heavy (non-hydrogen) atoms. The highest BCUT2D eigenvalue weighted by molar-refractivity contribution is 5.87. The molecule has 1 fully saturated rings. The normalized spacial score (nSPS) is 15.0. The molecule has 228 valence electrons. The van der Waals surface area contributed by atoms with E-state index in [1.165, 1.54) is 0 Å². The van der Waals surface area contributed by atoms with E-state index in [1.807, 2.05) is 55.2 Å². The minimum atomic E-state index is -0.136. The molecule has 0 spiro atoms. The summed E-state index contributed by atoms with van der Waals surface area (Å²) < 4.78 is 13.6. The average Bonchev–Trinajstić information content (AvgIpc) is 3.45. The summed E-state index contributed by atoms with van der Waals surface area (Å²) in [6.07, 6.45) is 7.63. The van der Waals surface area contributed by atoms with Crippen LogP contribution in [-0.2, 0) is 22.0 Å². The molecule has 3 heterocycles. The van der Waals surface area contributed by atoms with Crippen LogP contribution in [0.5, 0.6) is 5.75 Å². The van der Waals surface area contributed by atoms with Crippen LogP contribution in [-0.4, -0.2) is 46.8 Å². The van der Waals surface area contributed by atoms with Crippen LogP contribution in [0.2, 0.25) is 0 Å². The number of nitrogens with two attached hydrogens (primary N) is 1. The standard InChI is InChI=1S/C35H45N5O3/c1-5-43-31-9-7-6-8-28(31)25-10-12-30-26(22-25)23-29(33(36)39-30)27(24-14-20-42-21-15-24)11-13-32(41)37-17-16-35(2,3)34-38-18-19-40(34)4/h6-10,12,18-19,22-24,27H,5,11,13-17,20-21H2,1-4H3,(H2,36,39)(H,37,41). The van der Waals surface area contributed by atoms with E-state index in [-0.39, 0.29) is 17.2 Å². The zero-order valence-corrected chi connectivity index (χ0v) is 25.9. The number of nitrogens with one attached hydrogen (secondary N) is 1. The zero-order valence-electron chi connectivity index (χ0n) is 25.9. The van der Waals surface area contributed by atoms with E-state index in [1.54, 1.807) is 0 Å². The second kappa shape index (κ2) is 13.6. The molecule has 0 bridgehead atoms. The largest absolute Gasteiger partial charge is 0.493 e. The highest BCUT2D eigenvalue weighted by Gasteiger charge is 2.29. The molecule has 1 unspecified atom stereocenters. The Morgan fingerprint density at radius 2 is 1.98 bits per heavy atom. The highest BCUT2D eigenvalue weighted by atomic mass is 16.5. The minimum absolute atomic E-state index is 0.0647. The van der Waals surface area contributed by atoms with E-state index in [0.29, 0.717) is 37.7 Å². The molecule has 8 heteroatoms. The summed E-state index contributed by atoms with van der Waals surface area (Å²) in [5.41, 5.74) is 10.5. The number of fused-ring (bicyclic) bond motifs is 1. The van der Waals surface area contributed by atoms with Crippen molar-refractivity contribution in [3.05, 3.63) is 72.3 Å². The summed E-state index contributed by atoms with van der Waals surface area (Å²) in [5.74, 6) is 2.99. The van der Waals surface area contributed by atoms with Gasteiger partial charge < -0.3 is 25.1 Å². The van der Waals surface area contributed by atoms with E-state index in [9.17, 15) is 4.79 Å². The molecule has 1 amide bonds. The van der Waals surface area contributed by atoms with Gasteiger partial charge in [-0.15, -0.1) is 0 Å². The number of nitrogen functional groups attached to an aromatic ring is 1. The van der Waals surface area contributed by atoms with Gasteiger partial charge in [-0.05, 0) is 79.8 Å². The molecule has 0 aliphatic carbocycles. The van der Waals surface area contributed by atoms with E-state index in [2.05, 4.69) is 48.4 Å². The maximum atomic E-state index is 13.1. The number of aromatic nitrogens is 3. The number of amides is 1. The van der Waals surface area contributed by atoms with Crippen molar-refractivity contribution in [1.29, 1.82) is 0 Å². The van der Waals surface area contributed by atoms with Crippen molar-refractivity contribution >= 4 is 22.6 Å². The van der Waals surface area contributed by atoms with Crippen molar-refractivity contribution in [2.45, 2.75) is 64.2 Å². The second-order valence-electron chi connectivity index (χ2n) is 12.2. The fourth-order valence-electron chi connectivity index (χ4n) is 6.44. The van der Waals surface area contributed by atoms with Crippen LogP contribution in [0.1, 0.15) is 70.2 Å². The third-order valence-corrected chi connectivity index (χ3v) is 8.79. The zero-order chi connectivity index (χ0) is 30.4. The van der Waals surface area contributed by atoms with Crippen LogP contribution in [0.4, 0.5) is 5.82 Å². The molecule has 1 aliphatic rings. The first kappa shape index (κ1) is 30.5. The molecule has 0 radical (unpaired) electrons. The third kappa shape index (κ3) is 7.19. The van der Waals surface area contributed by atoms with Crippen molar-refractivity contribution in [2.24, 2.45) is 13.0 Å². The van der Waals surface area contributed by atoms with Gasteiger partial charge in [-0.25, -0.2) is 9.97 Å². The number of imidazole rings is 1. The van der Waals surface area contributed by atoms with Gasteiger partial charge in [0, 0.05) is 62.0 Å². The molecule has 8 nitrogen and oxygen atoms in total. The number of anilines is 1. The van der Waals surface area contributed by atoms with Gasteiger partial charge >= 0.3 is 0 Å². The van der Waals surface area contributed by atoms with Crippen LogP contribution < -0.4 is 15.8 Å². The number of para-hydroxylation sites is 1. The van der Waals surface area contributed by atoms with Crippen molar-refractivity contribution < 1.29 is 14.3 Å². The molecule has 1 saturated heterocycles. The van der Waals surface area contributed by atoms with Gasteiger partial charge in [-0.1, -0.05) is 38.1 Å². The van der Waals surface area contributed by atoms with E-state index >= 15 is 0 Å². The van der Waals surface area contributed by atoms with E-state index in [4.69, 9.17) is 20.2 Å². The van der Waals surface area contributed by atoms with Crippen LogP contribution in [0, 0.1) is 5.92 Å². The first-order chi connectivity index (χ1) is 20.8. The number of pyridine rings is 1. The molecule has 0 saturated carbocycles. The van der Waals surface area contributed by atoms with Gasteiger partial charge in [0.05, 0.1) is 12.1 Å². The van der Waals surface area contributed by atoms with Gasteiger partial charge in [0.1, 0.15) is 17.4 Å². The molecule has 5 rings (SSSR count). The van der Waals surface area contributed by atoms with Crippen molar-refractivity contribution in [3.63, 3.8) is 0 Å². The Bertz CT molecular complexity index is 1540. The SMILES string of the molecule is CCOc1ccccc1-c1ccc2nc(N)c(C(CCC(=O)NCCC(C)(C)c3nccn3C)C3CCOCC3)cc2c1. The summed E-state index contributed by atoms with van der Waals surface area (Å²) in [7, 11) is 2.01. The first-order valence-electron chi connectivity index (χ1n) is 15.5. The maximum Gasteiger partial charge on any atom is 0.220 e. The second-order valence-corrected chi connectivity index (χ2v) is 12.2. The Balaban J connectivity index is 1.34. The molecule has 4 aromatic rings. The smallest absolute Gasteiger partial charge is 0.220 e. The maximum absolute atomic E-state index is 13.1. The molecule has 2 aromatic carbocycles. The average molecular weight is 584 g/mol. The lowest BCUT2D eigenvalue weighted by Gasteiger charge is -2.31. The highest BCUT2D eigenvalue weighted by Crippen LogP contribution is 2.40. The fraction of sp³-hybridized carbons (Fsp3) is 0.457. The number of carbonyl (C=O) groups excluding carboxylic acids is 1. The fourth-order valence-corrected chi connectivity index (χ4v) is 6.44. The minimum Gasteiger partial charge on any atom is -0.493 e. The van der Waals surface area contributed by atoms with Gasteiger partial charge in [-0.2, -0.15) is 0 Å². The predicted octanol–water partition coefficient (Wildman–Crippen LogP) is 6.39. The Kier molecular flexibility index (Phi) is 9.65. The summed E-state index contributed by atoms with van der Waals surface area (Å²) in [4.78, 5) is 22.4. The predicted molar refractivity (Wildman–Crippen MR) is 172 cm³/mol. The molecular formula is C35H45N5O3. The van der Waals surface area contributed by atoms with E-state index in [0.717, 1.165) is 71.6 Å². The number of hydrogen-bond donors (Lipinski definition) is 2. The monoisotopic (exact) mass is 583 g/mol. The summed E-state index contributed by atoms with van der Waals surface area (Å²) in [6, 6.07) is 16.6. The topological polar surface area (TPSA) is 104 Å². The molecular weight excluding hydrogens is 538 g/mol. The quantitative estimate of drug-likeness (QED) is 0.200.